The summed E-state index contributed by atoms with van der Waals surface area (Å²) in [7, 11) is 2.19. The van der Waals surface area contributed by atoms with Crippen molar-refractivity contribution in [1.29, 1.82) is 10.7 Å². The van der Waals surface area contributed by atoms with Gasteiger partial charge < -0.3 is 10.3 Å². The van der Waals surface area contributed by atoms with Crippen LogP contribution in [-0.4, -0.2) is 58.0 Å². The van der Waals surface area contributed by atoms with E-state index in [4.69, 9.17) is 10.7 Å². The van der Waals surface area contributed by atoms with Crippen LogP contribution in [0.25, 0.3) is 11.2 Å². The maximum atomic E-state index is 12.7. The van der Waals surface area contributed by atoms with Crippen molar-refractivity contribution >= 4 is 35.5 Å². The molecule has 1 fully saturated rings. The fourth-order valence-electron chi connectivity index (χ4n) is 3.77. The van der Waals surface area contributed by atoms with Crippen LogP contribution in [0.15, 0.2) is 60.8 Å². The van der Waals surface area contributed by atoms with Gasteiger partial charge in [0.15, 0.2) is 11.9 Å². The molecule has 1 amide bonds. The zero-order valence-corrected chi connectivity index (χ0v) is 22.3. The van der Waals surface area contributed by atoms with E-state index in [1.54, 1.807) is 41.0 Å². The van der Waals surface area contributed by atoms with Crippen molar-refractivity contribution in [2.24, 2.45) is 0 Å². The zero-order chi connectivity index (χ0) is 27.9. The van der Waals surface area contributed by atoms with Gasteiger partial charge in [0.2, 0.25) is 5.95 Å². The number of pyridine rings is 1. The van der Waals surface area contributed by atoms with E-state index in [1.807, 2.05) is 19.9 Å². The third-order valence-corrected chi connectivity index (χ3v) is 5.70. The Balaban J connectivity index is 0.000000481. The molecular weight excluding hydrogens is 478 g/mol. The van der Waals surface area contributed by atoms with Gasteiger partial charge in [0.1, 0.15) is 5.52 Å². The standard InChI is InChI=1S/C21H16N6O2.C6H13N.C2H6/c1-2-14(6-7-22)12-27-19-18(9-16(13-28)11-24-19)25-21(27)26-20(29)17-5-3-4-15(8-17)10-23;1-7-5-3-2-4-6-7;1-2/h2-9,11,13,22H,1,12H2,(H,25,26,29);2-6H2,1H3;1-2H3/b14-6+,22-7?;;. The number of carbonyl (C=O) groups excluding carboxylic acids is 2. The molecule has 38 heavy (non-hydrogen) atoms. The third-order valence-electron chi connectivity index (χ3n) is 5.70. The molecule has 0 bridgehead atoms. The molecule has 2 N–H and O–H groups in total. The molecule has 0 atom stereocenters. The lowest BCUT2D eigenvalue weighted by Crippen LogP contribution is -2.24. The lowest BCUT2D eigenvalue weighted by molar-refractivity contribution is 0.102. The number of nitrogens with one attached hydrogen (secondary N) is 2. The Labute approximate surface area is 224 Å². The van der Waals surface area contributed by atoms with Gasteiger partial charge >= 0.3 is 0 Å². The SMILES string of the molecule is C=C/C(=C\C=N)Cn1c(NC(=O)c2cccc(C#N)c2)nc2cc(C=O)cnc21.CC.CN1CCCCC1. The number of hydrogen-bond donors (Lipinski definition) is 2. The summed E-state index contributed by atoms with van der Waals surface area (Å²) in [5.74, 6) is -0.217. The van der Waals surface area contributed by atoms with Crippen molar-refractivity contribution in [1.82, 2.24) is 19.4 Å². The van der Waals surface area contributed by atoms with E-state index in [0.717, 1.165) is 6.21 Å². The van der Waals surface area contributed by atoms with Gasteiger partial charge in [-0.15, -0.1) is 0 Å². The lowest BCUT2D eigenvalue weighted by atomic mass is 10.1. The van der Waals surface area contributed by atoms with Crippen molar-refractivity contribution in [3.8, 4) is 6.07 Å². The summed E-state index contributed by atoms with van der Waals surface area (Å²) < 4.78 is 1.66. The molecule has 4 rings (SSSR count). The van der Waals surface area contributed by atoms with Crippen LogP contribution in [0.1, 0.15) is 59.4 Å². The number of aromatic nitrogens is 3. The first-order valence-electron chi connectivity index (χ1n) is 12.6. The predicted molar refractivity (Wildman–Crippen MR) is 152 cm³/mol. The molecule has 0 radical (unpaired) electrons. The van der Waals surface area contributed by atoms with Crippen LogP contribution in [0.2, 0.25) is 0 Å². The number of rotatable bonds is 7. The van der Waals surface area contributed by atoms with E-state index in [-0.39, 0.29) is 12.5 Å². The Morgan fingerprint density at radius 3 is 2.55 bits per heavy atom. The number of amides is 1. The van der Waals surface area contributed by atoms with Gasteiger partial charge in [-0.05, 0) is 68.9 Å². The van der Waals surface area contributed by atoms with Crippen molar-refractivity contribution in [3.63, 3.8) is 0 Å². The van der Waals surface area contributed by atoms with Crippen LogP contribution in [0, 0.1) is 16.7 Å². The molecule has 1 aliphatic heterocycles. The number of nitrogens with zero attached hydrogens (tertiary/aromatic N) is 5. The van der Waals surface area contributed by atoms with Crippen LogP contribution >= 0.6 is 0 Å². The number of benzene rings is 1. The van der Waals surface area contributed by atoms with Crippen molar-refractivity contribution < 1.29 is 9.59 Å². The van der Waals surface area contributed by atoms with Crippen molar-refractivity contribution in [3.05, 3.63) is 77.5 Å². The number of allylic oxidation sites excluding steroid dienone is 3. The summed E-state index contributed by atoms with van der Waals surface area (Å²) in [4.78, 5) is 34.8. The number of anilines is 1. The van der Waals surface area contributed by atoms with Gasteiger partial charge in [-0.1, -0.05) is 39.0 Å². The molecule has 1 aliphatic rings. The van der Waals surface area contributed by atoms with E-state index in [2.05, 4.69) is 33.8 Å². The highest BCUT2D eigenvalue weighted by atomic mass is 16.1. The Hall–Kier alpha value is -4.42. The van der Waals surface area contributed by atoms with Gasteiger partial charge in [0.05, 0.1) is 18.2 Å². The highest BCUT2D eigenvalue weighted by Crippen LogP contribution is 2.21. The first kappa shape index (κ1) is 29.8. The quantitative estimate of drug-likeness (QED) is 0.252. The Bertz CT molecular complexity index is 1330. The van der Waals surface area contributed by atoms with Gasteiger partial charge in [-0.3, -0.25) is 19.5 Å². The van der Waals surface area contributed by atoms with Gasteiger partial charge in [-0.25, -0.2) is 9.97 Å². The molecular formula is C29H35N7O2. The van der Waals surface area contributed by atoms with Crippen LogP contribution in [0.4, 0.5) is 5.95 Å². The number of hydrogen-bond acceptors (Lipinski definition) is 7. The fraction of sp³-hybridized carbons (Fsp3) is 0.310. The number of aldehydes is 1. The molecule has 0 unspecified atom stereocenters. The van der Waals surface area contributed by atoms with E-state index in [0.29, 0.717) is 39.7 Å². The second-order valence-corrected chi connectivity index (χ2v) is 8.37. The minimum Gasteiger partial charge on any atom is -0.309 e. The minimum absolute atomic E-state index is 0.223. The molecule has 9 nitrogen and oxygen atoms in total. The third kappa shape index (κ3) is 8.32. The van der Waals surface area contributed by atoms with Crippen LogP contribution < -0.4 is 5.32 Å². The van der Waals surface area contributed by atoms with Crippen molar-refractivity contribution in [2.75, 3.05) is 25.5 Å². The van der Waals surface area contributed by atoms with Gasteiger partial charge in [-0.2, -0.15) is 5.26 Å². The maximum Gasteiger partial charge on any atom is 0.258 e. The number of likely N-dealkylation sites (tertiary alicyclic amines) is 1. The molecule has 0 spiro atoms. The number of carbonyl (C=O) groups is 2. The minimum atomic E-state index is -0.439. The van der Waals surface area contributed by atoms with E-state index in [1.165, 1.54) is 44.6 Å². The highest BCUT2D eigenvalue weighted by molar-refractivity contribution is 6.04. The smallest absolute Gasteiger partial charge is 0.258 e. The summed E-state index contributed by atoms with van der Waals surface area (Å²) in [6, 6.07) is 9.87. The second-order valence-electron chi connectivity index (χ2n) is 8.37. The van der Waals surface area contributed by atoms with E-state index in [9.17, 15) is 9.59 Å². The zero-order valence-electron chi connectivity index (χ0n) is 22.3. The molecule has 198 valence electrons. The number of piperidine rings is 1. The summed E-state index contributed by atoms with van der Waals surface area (Å²) >= 11 is 0. The maximum absolute atomic E-state index is 12.7. The molecule has 0 saturated carbocycles. The second kappa shape index (κ2) is 15.6. The number of imidazole rings is 1. The topological polar surface area (TPSA) is 128 Å². The highest BCUT2D eigenvalue weighted by Gasteiger charge is 2.17. The largest absolute Gasteiger partial charge is 0.309 e. The van der Waals surface area contributed by atoms with E-state index < -0.39 is 5.91 Å². The molecule has 3 aromatic rings. The van der Waals surface area contributed by atoms with Gasteiger partial charge in [0, 0.05) is 23.5 Å². The monoisotopic (exact) mass is 513 g/mol. The molecule has 1 aromatic carbocycles. The summed E-state index contributed by atoms with van der Waals surface area (Å²) in [5.41, 5.74) is 2.65. The van der Waals surface area contributed by atoms with Crippen LogP contribution in [-0.2, 0) is 6.54 Å². The first-order chi connectivity index (χ1) is 18.5. The van der Waals surface area contributed by atoms with Gasteiger partial charge in [0.25, 0.3) is 5.91 Å². The lowest BCUT2D eigenvalue weighted by Gasteiger charge is -2.20. The normalized spacial score (nSPS) is 13.2. The average Bonchev–Trinajstić information content (AvgIpc) is 3.30. The molecule has 0 aliphatic carbocycles. The molecule has 3 heterocycles. The Morgan fingerprint density at radius 2 is 1.97 bits per heavy atom. The fourth-order valence-corrected chi connectivity index (χ4v) is 3.77. The van der Waals surface area contributed by atoms with Crippen LogP contribution in [0.5, 0.6) is 0 Å². The summed E-state index contributed by atoms with van der Waals surface area (Å²) in [6.45, 7) is 10.6. The van der Waals surface area contributed by atoms with Crippen molar-refractivity contribution in [2.45, 2.75) is 39.7 Å². The Kier molecular flexibility index (Phi) is 12.3. The Morgan fingerprint density at radius 1 is 1.24 bits per heavy atom. The summed E-state index contributed by atoms with van der Waals surface area (Å²) in [6.07, 6.45) is 10.7. The molecule has 2 aromatic heterocycles. The van der Waals surface area contributed by atoms with E-state index >= 15 is 0 Å². The van der Waals surface area contributed by atoms with Crippen LogP contribution in [0.3, 0.4) is 0 Å². The summed E-state index contributed by atoms with van der Waals surface area (Å²) in [5, 5.41) is 19.0. The molecule has 9 heteroatoms. The number of fused-ring (bicyclic) bond motifs is 1. The predicted octanol–water partition coefficient (Wildman–Crippen LogP) is 5.26. The molecule has 1 saturated heterocycles. The number of nitriles is 1. The first-order valence-corrected chi connectivity index (χ1v) is 12.6. The average molecular weight is 514 g/mol.